The van der Waals surface area contributed by atoms with Crippen molar-refractivity contribution in [1.82, 2.24) is 4.98 Å². The Morgan fingerprint density at radius 3 is 3.05 bits per heavy atom. The zero-order chi connectivity index (χ0) is 13.1. The Labute approximate surface area is 113 Å². The molecule has 2 N–H and O–H groups in total. The number of benzene rings is 1. The number of fused-ring (bicyclic) bond motifs is 1. The molecule has 19 heavy (non-hydrogen) atoms. The summed E-state index contributed by atoms with van der Waals surface area (Å²) in [6, 6.07) is 10.6. The quantitative estimate of drug-likeness (QED) is 0.914. The molecule has 3 rings (SSSR count). The van der Waals surface area contributed by atoms with Crippen LogP contribution >= 0.6 is 0 Å². The van der Waals surface area contributed by atoms with Crippen LogP contribution in [0.25, 0.3) is 10.9 Å². The average molecular weight is 256 g/mol. The molecule has 1 aromatic carbocycles. The molecule has 1 aliphatic rings. The van der Waals surface area contributed by atoms with Crippen molar-refractivity contribution in [2.45, 2.75) is 25.3 Å². The van der Waals surface area contributed by atoms with Gasteiger partial charge in [-0.25, -0.2) is 0 Å². The Balaban J connectivity index is 1.73. The normalized spacial score (nSPS) is 20.8. The summed E-state index contributed by atoms with van der Waals surface area (Å²) in [6.45, 7) is 1.78. The first-order chi connectivity index (χ1) is 9.33. The predicted molar refractivity (Wildman–Crippen MR) is 77.0 cm³/mol. The maximum absolute atomic E-state index is 6.30. The summed E-state index contributed by atoms with van der Waals surface area (Å²) in [7, 11) is 0. The summed E-state index contributed by atoms with van der Waals surface area (Å²) < 4.78 is 5.41. The molecule has 1 fully saturated rings. The van der Waals surface area contributed by atoms with Crippen molar-refractivity contribution < 1.29 is 4.74 Å². The third kappa shape index (κ3) is 2.94. The highest BCUT2D eigenvalue weighted by molar-refractivity contribution is 5.81. The lowest BCUT2D eigenvalue weighted by Crippen LogP contribution is -2.26. The maximum atomic E-state index is 6.30. The minimum absolute atomic E-state index is 0.206. The van der Waals surface area contributed by atoms with Crippen LogP contribution in [0.3, 0.4) is 0 Å². The molecule has 3 heteroatoms. The van der Waals surface area contributed by atoms with Gasteiger partial charge in [0, 0.05) is 30.8 Å². The van der Waals surface area contributed by atoms with Gasteiger partial charge < -0.3 is 10.5 Å². The molecule has 1 aromatic heterocycles. The van der Waals surface area contributed by atoms with E-state index in [4.69, 9.17) is 10.5 Å². The van der Waals surface area contributed by atoms with Crippen LogP contribution in [0.15, 0.2) is 36.5 Å². The van der Waals surface area contributed by atoms with Crippen molar-refractivity contribution in [3.8, 4) is 0 Å². The van der Waals surface area contributed by atoms with Crippen LogP contribution in [0.2, 0.25) is 0 Å². The lowest BCUT2D eigenvalue weighted by molar-refractivity contribution is 0.182. The molecule has 3 nitrogen and oxygen atoms in total. The molecule has 0 saturated carbocycles. The highest BCUT2D eigenvalue weighted by Gasteiger charge is 2.19. The van der Waals surface area contributed by atoms with E-state index in [-0.39, 0.29) is 6.04 Å². The minimum Gasteiger partial charge on any atom is -0.381 e. The van der Waals surface area contributed by atoms with Crippen LogP contribution in [-0.4, -0.2) is 24.2 Å². The van der Waals surface area contributed by atoms with Crippen molar-refractivity contribution in [2.24, 2.45) is 11.7 Å². The van der Waals surface area contributed by atoms with E-state index in [1.165, 1.54) is 10.9 Å². The third-order valence-electron chi connectivity index (χ3n) is 3.88. The Morgan fingerprint density at radius 1 is 1.32 bits per heavy atom. The van der Waals surface area contributed by atoms with Crippen molar-refractivity contribution in [3.63, 3.8) is 0 Å². The summed E-state index contributed by atoms with van der Waals surface area (Å²) in [5.41, 5.74) is 8.66. The van der Waals surface area contributed by atoms with Gasteiger partial charge in [0.2, 0.25) is 0 Å². The highest BCUT2D eigenvalue weighted by atomic mass is 16.5. The molecule has 1 saturated heterocycles. The van der Waals surface area contributed by atoms with Crippen molar-refractivity contribution >= 4 is 10.9 Å². The Kier molecular flexibility index (Phi) is 3.76. The van der Waals surface area contributed by atoms with Gasteiger partial charge in [-0.1, -0.05) is 18.2 Å². The molecule has 0 bridgehead atoms. The number of para-hydroxylation sites is 1. The summed E-state index contributed by atoms with van der Waals surface area (Å²) in [4.78, 5) is 4.39. The topological polar surface area (TPSA) is 48.1 Å². The smallest absolute Gasteiger partial charge is 0.0704 e. The van der Waals surface area contributed by atoms with Crippen LogP contribution < -0.4 is 5.73 Å². The lowest BCUT2D eigenvalue weighted by Gasteiger charge is -2.16. The van der Waals surface area contributed by atoms with Crippen molar-refractivity contribution in [1.29, 1.82) is 0 Å². The number of rotatable bonds is 4. The third-order valence-corrected chi connectivity index (χ3v) is 3.88. The van der Waals surface area contributed by atoms with Gasteiger partial charge in [-0.2, -0.15) is 0 Å². The number of nitrogens with zero attached hydrogens (tertiary/aromatic N) is 1. The zero-order valence-corrected chi connectivity index (χ0v) is 11.1. The van der Waals surface area contributed by atoms with Crippen LogP contribution in [0.1, 0.15) is 18.4 Å². The molecule has 0 aliphatic carbocycles. The second kappa shape index (κ2) is 5.68. The number of pyridine rings is 1. The van der Waals surface area contributed by atoms with Gasteiger partial charge in [-0.3, -0.25) is 4.98 Å². The number of hydrogen-bond donors (Lipinski definition) is 1. The highest BCUT2D eigenvalue weighted by Crippen LogP contribution is 2.22. The number of aromatic nitrogens is 1. The van der Waals surface area contributed by atoms with E-state index in [9.17, 15) is 0 Å². The standard InChI is InChI=1S/C16H20N2O/c17-14(9-12-6-8-19-11-12)10-13-5-7-18-16-4-2-1-3-15(13)16/h1-5,7,12,14H,6,8-11,17H2. The van der Waals surface area contributed by atoms with E-state index < -0.39 is 0 Å². The minimum atomic E-state index is 0.206. The van der Waals surface area contributed by atoms with E-state index in [2.05, 4.69) is 29.2 Å². The van der Waals surface area contributed by atoms with Gasteiger partial charge in [0.1, 0.15) is 0 Å². The molecule has 2 atom stereocenters. The Bertz CT molecular complexity index is 544. The van der Waals surface area contributed by atoms with Gasteiger partial charge in [-0.15, -0.1) is 0 Å². The van der Waals surface area contributed by atoms with Gasteiger partial charge in [0.15, 0.2) is 0 Å². The largest absolute Gasteiger partial charge is 0.381 e. The Hall–Kier alpha value is -1.45. The molecule has 0 radical (unpaired) electrons. The van der Waals surface area contributed by atoms with Gasteiger partial charge in [0.05, 0.1) is 5.52 Å². The van der Waals surface area contributed by atoms with Crippen LogP contribution in [0, 0.1) is 5.92 Å². The summed E-state index contributed by atoms with van der Waals surface area (Å²) >= 11 is 0. The van der Waals surface area contributed by atoms with Crippen LogP contribution in [0.4, 0.5) is 0 Å². The van der Waals surface area contributed by atoms with Crippen LogP contribution in [-0.2, 0) is 11.2 Å². The molecule has 0 spiro atoms. The number of nitrogens with two attached hydrogens (primary N) is 1. The molecule has 0 amide bonds. The van der Waals surface area contributed by atoms with E-state index in [1.54, 1.807) is 0 Å². The van der Waals surface area contributed by atoms with Gasteiger partial charge in [0.25, 0.3) is 0 Å². The fourth-order valence-corrected chi connectivity index (χ4v) is 2.90. The average Bonchev–Trinajstić information content (AvgIpc) is 2.92. The lowest BCUT2D eigenvalue weighted by atomic mass is 9.94. The van der Waals surface area contributed by atoms with E-state index in [0.717, 1.165) is 38.0 Å². The summed E-state index contributed by atoms with van der Waals surface area (Å²) in [5, 5.41) is 1.23. The van der Waals surface area contributed by atoms with Crippen molar-refractivity contribution in [2.75, 3.05) is 13.2 Å². The van der Waals surface area contributed by atoms with E-state index in [1.807, 2.05) is 12.3 Å². The number of ether oxygens (including phenoxy) is 1. The molecule has 1 aliphatic heterocycles. The second-order valence-electron chi connectivity index (χ2n) is 5.42. The summed E-state index contributed by atoms with van der Waals surface area (Å²) in [5.74, 6) is 0.642. The van der Waals surface area contributed by atoms with E-state index >= 15 is 0 Å². The second-order valence-corrected chi connectivity index (χ2v) is 5.42. The first kappa shape index (κ1) is 12.6. The SMILES string of the molecule is NC(Cc1ccnc2ccccc12)CC1CCOC1. The summed E-state index contributed by atoms with van der Waals surface area (Å²) in [6.07, 6.45) is 5.00. The molecular weight excluding hydrogens is 236 g/mol. The molecule has 2 unspecified atom stereocenters. The molecule has 100 valence electrons. The predicted octanol–water partition coefficient (Wildman–Crippen LogP) is 2.53. The van der Waals surface area contributed by atoms with Crippen molar-refractivity contribution in [3.05, 3.63) is 42.1 Å². The van der Waals surface area contributed by atoms with Crippen LogP contribution in [0.5, 0.6) is 0 Å². The Morgan fingerprint density at radius 2 is 2.21 bits per heavy atom. The van der Waals surface area contributed by atoms with Gasteiger partial charge in [-0.05, 0) is 42.9 Å². The molecule has 2 heterocycles. The zero-order valence-electron chi connectivity index (χ0n) is 11.1. The monoisotopic (exact) mass is 256 g/mol. The molecular formula is C16H20N2O. The molecule has 2 aromatic rings. The first-order valence-corrected chi connectivity index (χ1v) is 6.99. The van der Waals surface area contributed by atoms with E-state index in [0.29, 0.717) is 5.92 Å². The maximum Gasteiger partial charge on any atom is 0.0704 e. The first-order valence-electron chi connectivity index (χ1n) is 6.99. The number of hydrogen-bond acceptors (Lipinski definition) is 3. The fourth-order valence-electron chi connectivity index (χ4n) is 2.90. The fraction of sp³-hybridized carbons (Fsp3) is 0.438. The van der Waals surface area contributed by atoms with Gasteiger partial charge >= 0.3 is 0 Å².